The molecule has 1 saturated carbocycles. The van der Waals surface area contributed by atoms with E-state index < -0.39 is 0 Å². The van der Waals surface area contributed by atoms with Crippen LogP contribution in [-0.2, 0) is 0 Å². The Labute approximate surface area is 118 Å². The van der Waals surface area contributed by atoms with E-state index in [-0.39, 0.29) is 23.8 Å². The van der Waals surface area contributed by atoms with Crippen molar-refractivity contribution in [1.82, 2.24) is 4.90 Å². The summed E-state index contributed by atoms with van der Waals surface area (Å²) >= 11 is 0. The quantitative estimate of drug-likeness (QED) is 0.838. The van der Waals surface area contributed by atoms with Crippen LogP contribution in [0.2, 0.25) is 0 Å². The summed E-state index contributed by atoms with van der Waals surface area (Å²) in [6, 6.07) is 7.03. The molecule has 2 N–H and O–H groups in total. The number of hydrogen-bond acceptors (Lipinski definition) is 3. The molecule has 1 heterocycles. The maximum absolute atomic E-state index is 12.5. The summed E-state index contributed by atoms with van der Waals surface area (Å²) in [4.78, 5) is 26.5. The summed E-state index contributed by atoms with van der Waals surface area (Å²) in [5.74, 6) is 0.465. The van der Waals surface area contributed by atoms with E-state index >= 15 is 0 Å². The molecule has 2 amide bonds. The molecule has 3 atom stereocenters. The van der Waals surface area contributed by atoms with Crippen LogP contribution in [-0.4, -0.2) is 29.3 Å². The monoisotopic (exact) mass is 272 g/mol. The van der Waals surface area contributed by atoms with Crippen LogP contribution in [0.25, 0.3) is 0 Å². The third kappa shape index (κ3) is 1.95. The first-order chi connectivity index (χ1) is 9.63. The average molecular weight is 272 g/mol. The fraction of sp³-hybridized carbons (Fsp3) is 0.500. The molecule has 1 aliphatic heterocycles. The second-order valence-corrected chi connectivity index (χ2v) is 6.01. The number of benzene rings is 1. The van der Waals surface area contributed by atoms with Crippen LogP contribution in [0.5, 0.6) is 0 Å². The first kappa shape index (κ1) is 13.3. The Kier molecular flexibility index (Phi) is 3.34. The lowest BCUT2D eigenvalue weighted by Gasteiger charge is -2.38. The Morgan fingerprint density at radius 3 is 2.30 bits per heavy atom. The molecule has 20 heavy (non-hydrogen) atoms. The van der Waals surface area contributed by atoms with Gasteiger partial charge in [0.15, 0.2) is 0 Å². The number of amides is 2. The van der Waals surface area contributed by atoms with Gasteiger partial charge >= 0.3 is 0 Å². The Morgan fingerprint density at radius 2 is 1.75 bits per heavy atom. The van der Waals surface area contributed by atoms with Crippen LogP contribution in [0.15, 0.2) is 24.3 Å². The number of imide groups is 1. The maximum atomic E-state index is 12.5. The van der Waals surface area contributed by atoms with Gasteiger partial charge in [0.2, 0.25) is 0 Å². The van der Waals surface area contributed by atoms with Crippen molar-refractivity contribution in [1.29, 1.82) is 0 Å². The number of fused-ring (bicyclic) bond motifs is 1. The predicted molar refractivity (Wildman–Crippen MR) is 76.3 cm³/mol. The molecule has 1 aromatic carbocycles. The number of hydrogen-bond donors (Lipinski definition) is 1. The number of nitrogens with zero attached hydrogens (tertiary/aromatic N) is 1. The topological polar surface area (TPSA) is 63.4 Å². The maximum Gasteiger partial charge on any atom is 0.261 e. The molecule has 0 bridgehead atoms. The van der Waals surface area contributed by atoms with Gasteiger partial charge in [0.1, 0.15) is 0 Å². The van der Waals surface area contributed by atoms with Gasteiger partial charge in [0.25, 0.3) is 11.8 Å². The summed E-state index contributed by atoms with van der Waals surface area (Å²) in [5.41, 5.74) is 6.92. The zero-order valence-corrected chi connectivity index (χ0v) is 11.7. The van der Waals surface area contributed by atoms with Gasteiger partial charge in [0, 0.05) is 6.04 Å². The lowest BCUT2D eigenvalue weighted by Crippen LogP contribution is -2.49. The predicted octanol–water partition coefficient (Wildman–Crippen LogP) is 2.05. The van der Waals surface area contributed by atoms with Crippen molar-refractivity contribution in [3.05, 3.63) is 35.4 Å². The molecule has 1 fully saturated rings. The van der Waals surface area contributed by atoms with Crippen LogP contribution in [0.3, 0.4) is 0 Å². The highest BCUT2D eigenvalue weighted by Gasteiger charge is 2.43. The minimum atomic E-state index is -0.150. The van der Waals surface area contributed by atoms with Crippen molar-refractivity contribution >= 4 is 11.8 Å². The van der Waals surface area contributed by atoms with E-state index in [0.717, 1.165) is 19.3 Å². The molecule has 3 rings (SSSR count). The summed E-state index contributed by atoms with van der Waals surface area (Å²) in [7, 11) is 0. The van der Waals surface area contributed by atoms with Gasteiger partial charge in [-0.25, -0.2) is 0 Å². The van der Waals surface area contributed by atoms with Crippen molar-refractivity contribution in [3.8, 4) is 0 Å². The Morgan fingerprint density at radius 1 is 1.15 bits per heavy atom. The SMILES string of the molecule is CC1CCC(CN)C(N2C(=O)c3ccccc3C2=O)C1. The summed E-state index contributed by atoms with van der Waals surface area (Å²) < 4.78 is 0. The van der Waals surface area contributed by atoms with Gasteiger partial charge < -0.3 is 5.73 Å². The normalized spacial score (nSPS) is 29.7. The number of carbonyl (C=O) groups is 2. The molecule has 3 unspecified atom stereocenters. The van der Waals surface area contributed by atoms with E-state index in [9.17, 15) is 9.59 Å². The van der Waals surface area contributed by atoms with Crippen LogP contribution in [0.1, 0.15) is 46.9 Å². The first-order valence-electron chi connectivity index (χ1n) is 7.30. The van der Waals surface area contributed by atoms with Crippen LogP contribution in [0.4, 0.5) is 0 Å². The zero-order valence-electron chi connectivity index (χ0n) is 11.7. The highest BCUT2D eigenvalue weighted by atomic mass is 16.2. The van der Waals surface area contributed by atoms with Crippen molar-refractivity contribution < 1.29 is 9.59 Å². The lowest BCUT2D eigenvalue weighted by molar-refractivity contribution is 0.0441. The van der Waals surface area contributed by atoms with Gasteiger partial charge in [-0.15, -0.1) is 0 Å². The molecule has 1 aromatic rings. The van der Waals surface area contributed by atoms with E-state index in [0.29, 0.717) is 23.6 Å². The minimum absolute atomic E-state index is 0.0452. The van der Waals surface area contributed by atoms with Crippen molar-refractivity contribution in [2.24, 2.45) is 17.6 Å². The van der Waals surface area contributed by atoms with Crippen molar-refractivity contribution in [2.75, 3.05) is 6.54 Å². The van der Waals surface area contributed by atoms with Gasteiger partial charge in [-0.05, 0) is 43.4 Å². The molecule has 0 spiro atoms. The second kappa shape index (κ2) is 5.02. The molecule has 4 heteroatoms. The van der Waals surface area contributed by atoms with E-state index in [1.54, 1.807) is 24.3 Å². The van der Waals surface area contributed by atoms with Gasteiger partial charge in [-0.2, -0.15) is 0 Å². The number of rotatable bonds is 2. The van der Waals surface area contributed by atoms with E-state index in [1.165, 1.54) is 4.90 Å². The van der Waals surface area contributed by atoms with Crippen LogP contribution < -0.4 is 5.73 Å². The molecule has 0 aromatic heterocycles. The number of carbonyl (C=O) groups excluding carboxylic acids is 2. The third-order valence-corrected chi connectivity index (χ3v) is 4.68. The third-order valence-electron chi connectivity index (χ3n) is 4.68. The fourth-order valence-electron chi connectivity index (χ4n) is 3.51. The van der Waals surface area contributed by atoms with Crippen LogP contribution >= 0.6 is 0 Å². The fourth-order valence-corrected chi connectivity index (χ4v) is 3.51. The molecule has 0 radical (unpaired) electrons. The van der Waals surface area contributed by atoms with Gasteiger partial charge in [-0.3, -0.25) is 14.5 Å². The summed E-state index contributed by atoms with van der Waals surface area (Å²) in [5, 5.41) is 0. The standard InChI is InChI=1S/C16H20N2O2/c1-10-6-7-11(9-17)14(8-10)18-15(19)12-4-2-3-5-13(12)16(18)20/h2-5,10-11,14H,6-9,17H2,1H3. The largest absolute Gasteiger partial charge is 0.330 e. The van der Waals surface area contributed by atoms with Crippen molar-refractivity contribution in [2.45, 2.75) is 32.2 Å². The van der Waals surface area contributed by atoms with E-state index in [4.69, 9.17) is 5.73 Å². The van der Waals surface area contributed by atoms with Gasteiger partial charge in [0.05, 0.1) is 11.1 Å². The Bertz CT molecular complexity index is 520. The molecule has 4 nitrogen and oxygen atoms in total. The van der Waals surface area contributed by atoms with Crippen molar-refractivity contribution in [3.63, 3.8) is 0 Å². The molecular weight excluding hydrogens is 252 g/mol. The molecule has 106 valence electrons. The highest BCUT2D eigenvalue weighted by Crippen LogP contribution is 2.36. The highest BCUT2D eigenvalue weighted by molar-refractivity contribution is 6.21. The lowest BCUT2D eigenvalue weighted by atomic mass is 9.78. The molecule has 0 saturated heterocycles. The first-order valence-corrected chi connectivity index (χ1v) is 7.30. The zero-order chi connectivity index (χ0) is 14.3. The van der Waals surface area contributed by atoms with Gasteiger partial charge in [-0.1, -0.05) is 25.5 Å². The van der Waals surface area contributed by atoms with Crippen LogP contribution in [0, 0.1) is 11.8 Å². The second-order valence-electron chi connectivity index (χ2n) is 6.01. The summed E-state index contributed by atoms with van der Waals surface area (Å²) in [6.45, 7) is 2.71. The number of nitrogens with two attached hydrogens (primary N) is 1. The Hall–Kier alpha value is -1.68. The average Bonchev–Trinajstić information content (AvgIpc) is 2.71. The molecule has 2 aliphatic rings. The van der Waals surface area contributed by atoms with E-state index in [1.807, 2.05) is 0 Å². The minimum Gasteiger partial charge on any atom is -0.330 e. The smallest absolute Gasteiger partial charge is 0.261 e. The molecular formula is C16H20N2O2. The molecule has 1 aliphatic carbocycles. The Balaban J connectivity index is 1.95. The summed E-state index contributed by atoms with van der Waals surface area (Å²) in [6.07, 6.45) is 2.99. The van der Waals surface area contributed by atoms with E-state index in [2.05, 4.69) is 6.92 Å².